The molecule has 3 N–H and O–H groups in total. The van der Waals surface area contributed by atoms with E-state index in [4.69, 9.17) is 5.11 Å². The molecule has 0 aliphatic carbocycles. The molecule has 78 valence electrons. The Labute approximate surface area is 85.4 Å². The highest BCUT2D eigenvalue weighted by molar-refractivity contribution is 5.85. The molecule has 0 atom stereocenters. The molecule has 1 aromatic rings. The molecule has 15 heavy (non-hydrogen) atoms. The molecule has 0 radical (unpaired) electrons. The third-order valence-corrected chi connectivity index (χ3v) is 1.90. The van der Waals surface area contributed by atoms with Gasteiger partial charge in [-0.3, -0.25) is 4.99 Å². The van der Waals surface area contributed by atoms with Crippen molar-refractivity contribution in [2.75, 3.05) is 11.6 Å². The molecule has 0 aromatic heterocycles. The molecule has 1 aliphatic heterocycles. The molecule has 0 fully saturated rings. The number of nitrogens with zero attached hydrogens (tertiary/aromatic N) is 3. The number of rotatable bonds is 1. The normalized spacial score (nSPS) is 14.5. The Bertz CT molecular complexity index is 407. The topological polar surface area (TPSA) is 88.7 Å². The van der Waals surface area contributed by atoms with E-state index in [2.05, 4.69) is 10.1 Å². The summed E-state index contributed by atoms with van der Waals surface area (Å²) < 4.78 is 0. The molecule has 6 nitrogen and oxygen atoms in total. The Morgan fingerprint density at radius 1 is 1.13 bits per heavy atom. The van der Waals surface area contributed by atoms with Gasteiger partial charge in [0.15, 0.2) is 17.2 Å². The van der Waals surface area contributed by atoms with Crippen LogP contribution in [-0.2, 0) is 0 Å². The lowest BCUT2D eigenvalue weighted by atomic mass is 10.2. The largest absolute Gasteiger partial charge is 0.504 e. The van der Waals surface area contributed by atoms with Crippen molar-refractivity contribution < 1.29 is 15.3 Å². The highest BCUT2D eigenvalue weighted by Gasteiger charge is 2.12. The Kier molecular flexibility index (Phi) is 2.17. The quantitative estimate of drug-likeness (QED) is 0.589. The van der Waals surface area contributed by atoms with Crippen molar-refractivity contribution in [3.8, 4) is 17.2 Å². The minimum Gasteiger partial charge on any atom is -0.504 e. The first-order valence-corrected chi connectivity index (χ1v) is 4.25. The van der Waals surface area contributed by atoms with Crippen LogP contribution in [0.5, 0.6) is 17.2 Å². The highest BCUT2D eigenvalue weighted by Crippen LogP contribution is 2.38. The summed E-state index contributed by atoms with van der Waals surface area (Å²) in [6.45, 7) is 0.506. The molecule has 0 saturated heterocycles. The third-order valence-electron chi connectivity index (χ3n) is 1.90. The minimum absolute atomic E-state index is 0.404. The standard InChI is InChI=1S/C9H9N3O3/c13-7-3-6(4-8(14)9(7)15)12-5-10-1-2-11-12/h2-5,13-15H,1H2. The van der Waals surface area contributed by atoms with Gasteiger partial charge in [-0.25, -0.2) is 5.01 Å². The second-order valence-corrected chi connectivity index (χ2v) is 2.96. The lowest BCUT2D eigenvalue weighted by Crippen LogP contribution is -2.17. The number of aliphatic imine (C=N–C) groups is 1. The maximum absolute atomic E-state index is 9.28. The van der Waals surface area contributed by atoms with Gasteiger partial charge in [-0.15, -0.1) is 0 Å². The van der Waals surface area contributed by atoms with E-state index in [1.807, 2.05) is 0 Å². The van der Waals surface area contributed by atoms with Gasteiger partial charge in [0.05, 0.1) is 12.2 Å². The smallest absolute Gasteiger partial charge is 0.200 e. The van der Waals surface area contributed by atoms with E-state index in [9.17, 15) is 10.2 Å². The Balaban J connectivity index is 2.40. The van der Waals surface area contributed by atoms with E-state index in [1.165, 1.54) is 23.5 Å². The first-order chi connectivity index (χ1) is 7.18. The molecule has 0 saturated carbocycles. The first-order valence-electron chi connectivity index (χ1n) is 4.25. The predicted molar refractivity (Wildman–Crippen MR) is 55.8 cm³/mol. The summed E-state index contributed by atoms with van der Waals surface area (Å²) in [5.74, 6) is -1.35. The predicted octanol–water partition coefficient (Wildman–Crippen LogP) is 0.637. The van der Waals surface area contributed by atoms with Crippen LogP contribution in [0.1, 0.15) is 0 Å². The summed E-state index contributed by atoms with van der Waals surface area (Å²) in [5.41, 5.74) is 0.419. The van der Waals surface area contributed by atoms with Crippen LogP contribution in [0.4, 0.5) is 5.69 Å². The lowest BCUT2D eigenvalue weighted by Gasteiger charge is -2.16. The second kappa shape index (κ2) is 3.49. The second-order valence-electron chi connectivity index (χ2n) is 2.96. The lowest BCUT2D eigenvalue weighted by molar-refractivity contribution is 0.368. The number of benzene rings is 1. The number of anilines is 1. The van der Waals surface area contributed by atoms with Crippen LogP contribution in [-0.4, -0.2) is 34.4 Å². The number of aromatic hydroxyl groups is 3. The Morgan fingerprint density at radius 3 is 2.33 bits per heavy atom. The van der Waals surface area contributed by atoms with Crippen molar-refractivity contribution in [3.63, 3.8) is 0 Å². The van der Waals surface area contributed by atoms with Crippen molar-refractivity contribution in [3.05, 3.63) is 12.1 Å². The summed E-state index contributed by atoms with van der Waals surface area (Å²) in [6, 6.07) is 2.56. The average Bonchev–Trinajstić information content (AvgIpc) is 2.26. The SMILES string of the molecule is Oc1cc(N2C=NCC=N2)cc(O)c1O. The molecule has 1 heterocycles. The number of hydrogen-bond donors (Lipinski definition) is 3. The highest BCUT2D eigenvalue weighted by atomic mass is 16.3. The van der Waals surface area contributed by atoms with Gasteiger partial charge in [0.25, 0.3) is 0 Å². The summed E-state index contributed by atoms with van der Waals surface area (Å²) in [7, 11) is 0. The van der Waals surface area contributed by atoms with Crippen LogP contribution in [0.15, 0.2) is 22.2 Å². The first kappa shape index (κ1) is 9.32. The van der Waals surface area contributed by atoms with Crippen LogP contribution in [0.2, 0.25) is 0 Å². The van der Waals surface area contributed by atoms with E-state index in [-0.39, 0.29) is 0 Å². The van der Waals surface area contributed by atoms with Gasteiger partial charge in [0.1, 0.15) is 6.34 Å². The number of phenolic OH excluding ortho intramolecular Hbond substituents is 3. The van der Waals surface area contributed by atoms with Gasteiger partial charge in [0, 0.05) is 18.3 Å². The third kappa shape index (κ3) is 1.69. The molecule has 0 bridgehead atoms. The van der Waals surface area contributed by atoms with Gasteiger partial charge in [-0.1, -0.05) is 0 Å². The van der Waals surface area contributed by atoms with Crippen molar-refractivity contribution >= 4 is 18.2 Å². The summed E-state index contributed by atoms with van der Waals surface area (Å²) in [6.07, 6.45) is 3.05. The van der Waals surface area contributed by atoms with E-state index in [1.54, 1.807) is 6.21 Å². The summed E-state index contributed by atoms with van der Waals surface area (Å²) in [4.78, 5) is 3.94. The van der Waals surface area contributed by atoms with Gasteiger partial charge >= 0.3 is 0 Å². The van der Waals surface area contributed by atoms with Crippen LogP contribution in [0.25, 0.3) is 0 Å². The number of hydrogen-bond acceptors (Lipinski definition) is 6. The van der Waals surface area contributed by atoms with E-state index in [0.717, 1.165) is 0 Å². The van der Waals surface area contributed by atoms with Crippen LogP contribution >= 0.6 is 0 Å². The molecule has 0 spiro atoms. The summed E-state index contributed by atoms with van der Waals surface area (Å²) >= 11 is 0. The Morgan fingerprint density at radius 2 is 1.80 bits per heavy atom. The van der Waals surface area contributed by atoms with E-state index < -0.39 is 17.2 Å². The van der Waals surface area contributed by atoms with Gasteiger partial charge in [0.2, 0.25) is 0 Å². The van der Waals surface area contributed by atoms with Crippen molar-refractivity contribution in [1.82, 2.24) is 0 Å². The number of hydrazone groups is 1. The maximum Gasteiger partial charge on any atom is 0.200 e. The monoisotopic (exact) mass is 207 g/mol. The molecule has 0 amide bonds. The van der Waals surface area contributed by atoms with Crippen LogP contribution < -0.4 is 5.01 Å². The average molecular weight is 207 g/mol. The maximum atomic E-state index is 9.28. The Hall–Kier alpha value is -2.24. The molecular formula is C9H9N3O3. The molecule has 1 aromatic carbocycles. The van der Waals surface area contributed by atoms with Crippen LogP contribution in [0, 0.1) is 0 Å². The summed E-state index contributed by atoms with van der Waals surface area (Å²) in [5, 5.41) is 33.0. The fourth-order valence-electron chi connectivity index (χ4n) is 1.18. The van der Waals surface area contributed by atoms with Gasteiger partial charge in [-0.2, -0.15) is 5.10 Å². The van der Waals surface area contributed by atoms with Crippen molar-refractivity contribution in [1.29, 1.82) is 0 Å². The number of phenols is 3. The van der Waals surface area contributed by atoms with Crippen molar-refractivity contribution in [2.24, 2.45) is 10.1 Å². The fraction of sp³-hybridized carbons (Fsp3) is 0.111. The zero-order valence-corrected chi connectivity index (χ0v) is 7.70. The van der Waals surface area contributed by atoms with E-state index >= 15 is 0 Å². The molecule has 2 rings (SSSR count). The zero-order valence-electron chi connectivity index (χ0n) is 7.70. The molecule has 0 unspecified atom stereocenters. The van der Waals surface area contributed by atoms with E-state index in [0.29, 0.717) is 12.2 Å². The zero-order chi connectivity index (χ0) is 10.8. The molecule has 1 aliphatic rings. The van der Waals surface area contributed by atoms with Gasteiger partial charge in [-0.05, 0) is 0 Å². The van der Waals surface area contributed by atoms with Crippen LogP contribution in [0.3, 0.4) is 0 Å². The molecule has 6 heteroatoms. The minimum atomic E-state index is -0.545. The van der Waals surface area contributed by atoms with Crippen molar-refractivity contribution in [2.45, 2.75) is 0 Å². The molecular weight excluding hydrogens is 198 g/mol. The fourth-order valence-corrected chi connectivity index (χ4v) is 1.18. The van der Waals surface area contributed by atoms with Gasteiger partial charge < -0.3 is 15.3 Å².